The van der Waals surface area contributed by atoms with Gasteiger partial charge in [-0.2, -0.15) is 0 Å². The number of rotatable bonds is 5. The second-order valence-corrected chi connectivity index (χ2v) is 4.85. The van der Waals surface area contributed by atoms with Gasteiger partial charge in [0.05, 0.1) is 6.54 Å². The van der Waals surface area contributed by atoms with Crippen molar-refractivity contribution in [3.05, 3.63) is 35.9 Å². The van der Waals surface area contributed by atoms with Crippen molar-refractivity contribution in [3.8, 4) is 0 Å². The maximum atomic E-state index is 10.6. The van der Waals surface area contributed by atoms with Crippen LogP contribution in [0, 0.1) is 0 Å². The Balaban J connectivity index is 2.07. The molecule has 1 fully saturated rings. The van der Waals surface area contributed by atoms with Crippen molar-refractivity contribution in [1.82, 2.24) is 5.32 Å². The summed E-state index contributed by atoms with van der Waals surface area (Å²) in [6, 6.07) is 10.5. The summed E-state index contributed by atoms with van der Waals surface area (Å²) in [7, 11) is 0. The number of aliphatic carboxylic acids is 1. The third-order valence-electron chi connectivity index (χ3n) is 3.69. The van der Waals surface area contributed by atoms with Crippen LogP contribution in [0.1, 0.15) is 31.2 Å². The fourth-order valence-corrected chi connectivity index (χ4v) is 2.82. The molecule has 0 amide bonds. The van der Waals surface area contributed by atoms with Crippen molar-refractivity contribution >= 4 is 5.97 Å². The smallest absolute Gasteiger partial charge is 0.317 e. The van der Waals surface area contributed by atoms with Gasteiger partial charge in [0.25, 0.3) is 0 Å². The lowest BCUT2D eigenvalue weighted by Crippen LogP contribution is -2.38. The Morgan fingerprint density at radius 1 is 1.24 bits per heavy atom. The van der Waals surface area contributed by atoms with Crippen LogP contribution in [0.4, 0.5) is 0 Å². The number of carboxylic acid groups (broad SMARTS) is 1. The number of hydrogen-bond acceptors (Lipinski definition) is 2. The van der Waals surface area contributed by atoms with Gasteiger partial charge < -0.3 is 10.4 Å². The first-order chi connectivity index (χ1) is 8.23. The first-order valence-corrected chi connectivity index (χ1v) is 6.21. The summed E-state index contributed by atoms with van der Waals surface area (Å²) in [5.41, 5.74) is 1.49. The van der Waals surface area contributed by atoms with E-state index >= 15 is 0 Å². The Morgan fingerprint density at radius 3 is 2.47 bits per heavy atom. The molecule has 0 unspecified atom stereocenters. The van der Waals surface area contributed by atoms with E-state index in [0.29, 0.717) is 0 Å². The van der Waals surface area contributed by atoms with Gasteiger partial charge in [0.15, 0.2) is 0 Å². The normalized spacial score (nSPS) is 18.1. The van der Waals surface area contributed by atoms with Gasteiger partial charge in [-0.1, -0.05) is 43.2 Å². The Morgan fingerprint density at radius 2 is 1.88 bits per heavy atom. The van der Waals surface area contributed by atoms with Gasteiger partial charge in [-0.25, -0.2) is 0 Å². The lowest BCUT2D eigenvalue weighted by molar-refractivity contribution is -0.136. The SMILES string of the molecule is O=C(O)CNCC1(c2ccccc2)CCCC1. The molecule has 2 rings (SSSR count). The van der Waals surface area contributed by atoms with Gasteiger partial charge in [0.1, 0.15) is 0 Å². The molecular weight excluding hydrogens is 214 g/mol. The number of nitrogens with one attached hydrogen (secondary N) is 1. The minimum absolute atomic E-state index is 0.0502. The standard InChI is InChI=1S/C14H19NO2/c16-13(17)10-15-11-14(8-4-5-9-14)12-6-2-1-3-7-12/h1-3,6-7,15H,4-5,8-11H2,(H,16,17). The minimum atomic E-state index is -0.786. The van der Waals surface area contributed by atoms with Crippen LogP contribution in [0.5, 0.6) is 0 Å². The molecule has 0 aliphatic heterocycles. The van der Waals surface area contributed by atoms with E-state index in [1.165, 1.54) is 18.4 Å². The molecule has 3 heteroatoms. The molecule has 1 aromatic carbocycles. The maximum Gasteiger partial charge on any atom is 0.317 e. The molecule has 0 aromatic heterocycles. The highest BCUT2D eigenvalue weighted by Crippen LogP contribution is 2.40. The summed E-state index contributed by atoms with van der Waals surface area (Å²) in [4.78, 5) is 10.6. The molecule has 1 aliphatic carbocycles. The van der Waals surface area contributed by atoms with Crippen LogP contribution in [-0.2, 0) is 10.2 Å². The molecule has 0 atom stereocenters. The van der Waals surface area contributed by atoms with Crippen LogP contribution < -0.4 is 5.32 Å². The summed E-state index contributed by atoms with van der Waals surface area (Å²) in [6.45, 7) is 0.817. The van der Waals surface area contributed by atoms with Crippen molar-refractivity contribution in [2.45, 2.75) is 31.1 Å². The third kappa shape index (κ3) is 2.86. The summed E-state index contributed by atoms with van der Waals surface area (Å²) >= 11 is 0. The zero-order chi connectivity index (χ0) is 12.1. The number of hydrogen-bond donors (Lipinski definition) is 2. The van der Waals surface area contributed by atoms with Crippen LogP contribution in [-0.4, -0.2) is 24.2 Å². The van der Waals surface area contributed by atoms with Gasteiger partial charge in [-0.05, 0) is 18.4 Å². The highest BCUT2D eigenvalue weighted by atomic mass is 16.4. The molecule has 1 aliphatic rings. The van der Waals surface area contributed by atoms with Crippen molar-refractivity contribution in [1.29, 1.82) is 0 Å². The second kappa shape index (κ2) is 5.32. The second-order valence-electron chi connectivity index (χ2n) is 4.85. The Hall–Kier alpha value is -1.35. The molecule has 2 N–H and O–H groups in total. The molecule has 17 heavy (non-hydrogen) atoms. The zero-order valence-corrected chi connectivity index (χ0v) is 9.98. The lowest BCUT2D eigenvalue weighted by atomic mass is 9.79. The fourth-order valence-electron chi connectivity index (χ4n) is 2.82. The molecular formula is C14H19NO2. The lowest BCUT2D eigenvalue weighted by Gasteiger charge is -2.29. The molecule has 0 bridgehead atoms. The maximum absolute atomic E-state index is 10.6. The molecule has 1 aromatic rings. The Labute approximate surface area is 102 Å². The van der Waals surface area contributed by atoms with E-state index in [1.54, 1.807) is 0 Å². The molecule has 0 radical (unpaired) electrons. The highest BCUT2D eigenvalue weighted by Gasteiger charge is 2.34. The van der Waals surface area contributed by atoms with Crippen LogP contribution in [0.25, 0.3) is 0 Å². The van der Waals surface area contributed by atoms with Crippen LogP contribution >= 0.6 is 0 Å². The quantitative estimate of drug-likeness (QED) is 0.819. The Kier molecular flexibility index (Phi) is 3.79. The van der Waals surface area contributed by atoms with Gasteiger partial charge >= 0.3 is 5.97 Å². The average Bonchev–Trinajstić information content (AvgIpc) is 2.80. The van der Waals surface area contributed by atoms with Crippen LogP contribution in [0.3, 0.4) is 0 Å². The van der Waals surface area contributed by atoms with Gasteiger partial charge in [-0.15, -0.1) is 0 Å². The highest BCUT2D eigenvalue weighted by molar-refractivity contribution is 5.69. The van der Waals surface area contributed by atoms with E-state index in [4.69, 9.17) is 5.11 Å². The van der Waals surface area contributed by atoms with E-state index < -0.39 is 5.97 Å². The molecule has 3 nitrogen and oxygen atoms in total. The number of benzene rings is 1. The van der Waals surface area contributed by atoms with Crippen LogP contribution in [0.2, 0.25) is 0 Å². The van der Waals surface area contributed by atoms with Gasteiger partial charge in [0.2, 0.25) is 0 Å². The van der Waals surface area contributed by atoms with Gasteiger partial charge in [-0.3, -0.25) is 4.79 Å². The zero-order valence-electron chi connectivity index (χ0n) is 9.98. The van der Waals surface area contributed by atoms with E-state index in [2.05, 4.69) is 29.6 Å². The first-order valence-electron chi connectivity index (χ1n) is 6.21. The summed E-state index contributed by atoms with van der Waals surface area (Å²) in [6.07, 6.45) is 4.79. The topological polar surface area (TPSA) is 49.3 Å². The van der Waals surface area contributed by atoms with E-state index in [1.807, 2.05) is 6.07 Å². The average molecular weight is 233 g/mol. The summed E-state index contributed by atoms with van der Waals surface area (Å²) in [5.74, 6) is -0.786. The molecule has 1 saturated carbocycles. The Bertz CT molecular complexity index is 369. The van der Waals surface area contributed by atoms with Crippen molar-refractivity contribution < 1.29 is 9.90 Å². The van der Waals surface area contributed by atoms with Crippen molar-refractivity contribution in [2.75, 3.05) is 13.1 Å². The van der Waals surface area contributed by atoms with E-state index in [-0.39, 0.29) is 12.0 Å². The predicted octanol–water partition coefficient (Wildman–Crippen LogP) is 2.17. The molecule has 0 heterocycles. The number of carbonyl (C=O) groups is 1. The molecule has 0 saturated heterocycles. The van der Waals surface area contributed by atoms with E-state index in [9.17, 15) is 4.79 Å². The molecule has 92 valence electrons. The first kappa shape index (κ1) is 12.1. The largest absolute Gasteiger partial charge is 0.480 e. The fraction of sp³-hybridized carbons (Fsp3) is 0.500. The van der Waals surface area contributed by atoms with Gasteiger partial charge in [0, 0.05) is 12.0 Å². The monoisotopic (exact) mass is 233 g/mol. The predicted molar refractivity (Wildman–Crippen MR) is 67.1 cm³/mol. The summed E-state index contributed by atoms with van der Waals surface area (Å²) < 4.78 is 0. The van der Waals surface area contributed by atoms with Crippen molar-refractivity contribution in [2.24, 2.45) is 0 Å². The number of carboxylic acids is 1. The summed E-state index contributed by atoms with van der Waals surface area (Å²) in [5, 5.41) is 11.7. The molecule has 0 spiro atoms. The van der Waals surface area contributed by atoms with Crippen molar-refractivity contribution in [3.63, 3.8) is 0 Å². The van der Waals surface area contributed by atoms with Crippen LogP contribution in [0.15, 0.2) is 30.3 Å². The van der Waals surface area contributed by atoms with E-state index in [0.717, 1.165) is 19.4 Å². The minimum Gasteiger partial charge on any atom is -0.480 e. The third-order valence-corrected chi connectivity index (χ3v) is 3.69.